The number of piperidine rings is 1. The van der Waals surface area contributed by atoms with Gasteiger partial charge in [-0.05, 0) is 38.3 Å². The minimum atomic E-state index is -0.700. The summed E-state index contributed by atoms with van der Waals surface area (Å²) in [5.74, 6) is 1.07. The zero-order valence-corrected chi connectivity index (χ0v) is 13.5. The van der Waals surface area contributed by atoms with Crippen LogP contribution in [0.4, 0.5) is 5.82 Å². The monoisotopic (exact) mass is 303 g/mol. The van der Waals surface area contributed by atoms with Crippen LogP contribution in [0.5, 0.6) is 0 Å². The maximum absolute atomic E-state index is 12.6. The second-order valence-electron chi connectivity index (χ2n) is 6.89. The molecule has 1 N–H and O–H groups in total. The molecule has 22 heavy (non-hydrogen) atoms. The van der Waals surface area contributed by atoms with Crippen LogP contribution in [0.1, 0.15) is 43.5 Å². The lowest BCUT2D eigenvalue weighted by Gasteiger charge is -2.27. The molecule has 3 rings (SSSR count). The minimum Gasteiger partial charge on any atom is -0.388 e. The zero-order chi connectivity index (χ0) is 15.7. The van der Waals surface area contributed by atoms with Crippen LogP contribution < -0.4 is 4.90 Å². The van der Waals surface area contributed by atoms with Crippen LogP contribution in [0.15, 0.2) is 18.3 Å². The van der Waals surface area contributed by atoms with Gasteiger partial charge in [-0.15, -0.1) is 0 Å². The summed E-state index contributed by atoms with van der Waals surface area (Å²) >= 11 is 0. The molecule has 0 aliphatic carbocycles. The quantitative estimate of drug-likeness (QED) is 0.907. The van der Waals surface area contributed by atoms with Gasteiger partial charge in [0.2, 0.25) is 0 Å². The van der Waals surface area contributed by atoms with Crippen molar-refractivity contribution < 1.29 is 9.90 Å². The molecule has 1 aromatic heterocycles. The first-order chi connectivity index (χ1) is 10.5. The molecule has 0 saturated carbocycles. The first-order valence-electron chi connectivity index (χ1n) is 8.20. The van der Waals surface area contributed by atoms with Crippen LogP contribution in [0, 0.1) is 5.92 Å². The van der Waals surface area contributed by atoms with Crippen molar-refractivity contribution in [1.29, 1.82) is 0 Å². The van der Waals surface area contributed by atoms with Crippen molar-refractivity contribution >= 4 is 11.7 Å². The zero-order valence-electron chi connectivity index (χ0n) is 13.5. The number of rotatable bonds is 2. The van der Waals surface area contributed by atoms with Crippen molar-refractivity contribution in [3.63, 3.8) is 0 Å². The standard InChI is InChI=1S/C17H25N3O2/c1-13-11-20(12-17(13,2)22)15-10-14(6-7-18-15)16(21)19-8-4-3-5-9-19/h6-7,10,13,22H,3-5,8-9,11-12H2,1-2H3/t13-,17+/m0/s1. The number of aliphatic hydroxyl groups is 1. The fourth-order valence-corrected chi connectivity index (χ4v) is 3.31. The van der Waals surface area contributed by atoms with Crippen LogP contribution in [0.2, 0.25) is 0 Å². The van der Waals surface area contributed by atoms with Gasteiger partial charge in [-0.1, -0.05) is 6.92 Å². The Bertz CT molecular complexity index is 553. The number of anilines is 1. The molecule has 2 aliphatic rings. The van der Waals surface area contributed by atoms with Crippen molar-refractivity contribution in [1.82, 2.24) is 9.88 Å². The average molecular weight is 303 g/mol. The molecule has 2 saturated heterocycles. The summed E-state index contributed by atoms with van der Waals surface area (Å²) in [5.41, 5.74) is 0.000251. The minimum absolute atomic E-state index is 0.0994. The Kier molecular flexibility index (Phi) is 4.08. The van der Waals surface area contributed by atoms with E-state index in [9.17, 15) is 9.90 Å². The molecule has 0 bridgehead atoms. The lowest BCUT2D eigenvalue weighted by Crippen LogP contribution is -2.36. The van der Waals surface area contributed by atoms with Crippen molar-refractivity contribution in [3.05, 3.63) is 23.9 Å². The molecule has 0 aromatic carbocycles. The molecule has 2 fully saturated rings. The fourth-order valence-electron chi connectivity index (χ4n) is 3.31. The Labute approximate surface area is 131 Å². The number of β-amino-alcohol motifs (C(OH)–C–C–N with tert-alkyl or cyclic N) is 1. The van der Waals surface area contributed by atoms with Gasteiger partial charge in [0.1, 0.15) is 5.82 Å². The molecule has 5 heteroatoms. The summed E-state index contributed by atoms with van der Waals surface area (Å²) in [4.78, 5) is 21.0. The van der Waals surface area contributed by atoms with Crippen LogP contribution >= 0.6 is 0 Å². The number of hydrogen-bond acceptors (Lipinski definition) is 4. The van der Waals surface area contributed by atoms with Gasteiger partial charge in [0.25, 0.3) is 5.91 Å². The number of carbonyl (C=O) groups excluding carboxylic acids is 1. The summed E-state index contributed by atoms with van der Waals surface area (Å²) in [6, 6.07) is 3.66. The molecule has 0 unspecified atom stereocenters. The fraction of sp³-hybridized carbons (Fsp3) is 0.647. The summed E-state index contributed by atoms with van der Waals surface area (Å²) in [6.07, 6.45) is 5.10. The van der Waals surface area contributed by atoms with Crippen molar-refractivity contribution in [2.45, 2.75) is 38.7 Å². The molecular formula is C17H25N3O2. The predicted molar refractivity (Wildman–Crippen MR) is 86.0 cm³/mol. The lowest BCUT2D eigenvalue weighted by atomic mass is 9.95. The van der Waals surface area contributed by atoms with Crippen LogP contribution in [-0.2, 0) is 0 Å². The summed E-state index contributed by atoms with van der Waals surface area (Å²) < 4.78 is 0. The van der Waals surface area contributed by atoms with Gasteiger partial charge >= 0.3 is 0 Å². The first-order valence-corrected chi connectivity index (χ1v) is 8.20. The van der Waals surface area contributed by atoms with Gasteiger partial charge in [-0.2, -0.15) is 0 Å². The largest absolute Gasteiger partial charge is 0.388 e. The third-order valence-corrected chi connectivity index (χ3v) is 5.03. The lowest BCUT2D eigenvalue weighted by molar-refractivity contribution is 0.0443. The van der Waals surface area contributed by atoms with E-state index in [0.717, 1.165) is 38.3 Å². The maximum Gasteiger partial charge on any atom is 0.254 e. The van der Waals surface area contributed by atoms with Gasteiger partial charge < -0.3 is 14.9 Å². The molecule has 1 aromatic rings. The van der Waals surface area contributed by atoms with Crippen LogP contribution in [-0.4, -0.2) is 52.7 Å². The van der Waals surface area contributed by atoms with E-state index in [1.165, 1.54) is 6.42 Å². The Morgan fingerprint density at radius 2 is 2.09 bits per heavy atom. The number of likely N-dealkylation sites (tertiary alicyclic amines) is 1. The molecule has 5 nitrogen and oxygen atoms in total. The summed E-state index contributed by atoms with van der Waals surface area (Å²) in [6.45, 7) is 6.94. The maximum atomic E-state index is 12.6. The smallest absolute Gasteiger partial charge is 0.254 e. The number of carbonyl (C=O) groups is 1. The van der Waals surface area contributed by atoms with E-state index in [4.69, 9.17) is 0 Å². The van der Waals surface area contributed by atoms with Gasteiger partial charge in [0, 0.05) is 43.9 Å². The van der Waals surface area contributed by atoms with E-state index in [0.29, 0.717) is 12.1 Å². The van der Waals surface area contributed by atoms with Crippen LogP contribution in [0.25, 0.3) is 0 Å². The van der Waals surface area contributed by atoms with E-state index in [2.05, 4.69) is 9.88 Å². The predicted octanol–water partition coefficient (Wildman–Crippen LogP) is 1.91. The molecule has 1 amide bonds. The SMILES string of the molecule is C[C@H]1CN(c2cc(C(=O)N3CCCCC3)ccn2)C[C@@]1(C)O. The molecule has 3 heterocycles. The van der Waals surface area contributed by atoms with E-state index in [-0.39, 0.29) is 11.8 Å². The first kappa shape index (κ1) is 15.3. The van der Waals surface area contributed by atoms with E-state index < -0.39 is 5.60 Å². The van der Waals surface area contributed by atoms with Gasteiger partial charge in [0.05, 0.1) is 5.60 Å². The van der Waals surface area contributed by atoms with Gasteiger partial charge in [-0.25, -0.2) is 4.98 Å². The molecule has 2 atom stereocenters. The summed E-state index contributed by atoms with van der Waals surface area (Å²) in [5, 5.41) is 10.3. The third-order valence-electron chi connectivity index (χ3n) is 5.03. The number of aromatic nitrogens is 1. The third kappa shape index (κ3) is 2.95. The van der Waals surface area contributed by atoms with E-state index in [1.807, 2.05) is 24.8 Å². The molecule has 120 valence electrons. The van der Waals surface area contributed by atoms with Gasteiger partial charge in [0.15, 0.2) is 0 Å². The highest BCUT2D eigenvalue weighted by Gasteiger charge is 2.39. The molecule has 0 spiro atoms. The van der Waals surface area contributed by atoms with Crippen molar-refractivity contribution in [2.24, 2.45) is 5.92 Å². The topological polar surface area (TPSA) is 56.7 Å². The molecular weight excluding hydrogens is 278 g/mol. The van der Waals surface area contributed by atoms with Crippen LogP contribution in [0.3, 0.4) is 0 Å². The highest BCUT2D eigenvalue weighted by atomic mass is 16.3. The van der Waals surface area contributed by atoms with E-state index in [1.54, 1.807) is 12.3 Å². The highest BCUT2D eigenvalue weighted by Crippen LogP contribution is 2.30. The Morgan fingerprint density at radius 1 is 1.36 bits per heavy atom. The number of amides is 1. The van der Waals surface area contributed by atoms with Crippen molar-refractivity contribution in [3.8, 4) is 0 Å². The molecule has 2 aliphatic heterocycles. The highest BCUT2D eigenvalue weighted by molar-refractivity contribution is 5.94. The average Bonchev–Trinajstić information content (AvgIpc) is 2.81. The van der Waals surface area contributed by atoms with Crippen molar-refractivity contribution in [2.75, 3.05) is 31.1 Å². The second-order valence-corrected chi connectivity index (χ2v) is 6.89. The number of nitrogens with zero attached hydrogens (tertiary/aromatic N) is 3. The Hall–Kier alpha value is -1.62. The van der Waals surface area contributed by atoms with Gasteiger partial charge in [-0.3, -0.25) is 4.79 Å². The Morgan fingerprint density at radius 3 is 2.73 bits per heavy atom. The Balaban J connectivity index is 1.77. The normalized spacial score (nSPS) is 29.0. The number of hydrogen-bond donors (Lipinski definition) is 1. The molecule has 0 radical (unpaired) electrons. The second kappa shape index (κ2) is 5.88. The van der Waals surface area contributed by atoms with E-state index >= 15 is 0 Å². The number of pyridine rings is 1. The summed E-state index contributed by atoms with van der Waals surface area (Å²) in [7, 11) is 0.